The van der Waals surface area contributed by atoms with E-state index in [-0.39, 0.29) is 29.3 Å². The van der Waals surface area contributed by atoms with Crippen molar-refractivity contribution in [3.05, 3.63) is 57.9 Å². The number of methoxy groups -OCH3 is 1. The van der Waals surface area contributed by atoms with E-state index in [2.05, 4.69) is 5.32 Å². The molecule has 0 bridgehead atoms. The maximum atomic E-state index is 12.7. The highest BCUT2D eigenvalue weighted by Gasteiger charge is 2.54. The number of rotatable bonds is 8. The van der Waals surface area contributed by atoms with Crippen molar-refractivity contribution in [2.24, 2.45) is 0 Å². The van der Waals surface area contributed by atoms with Gasteiger partial charge in [0.05, 0.1) is 13.5 Å². The molecule has 2 N–H and O–H groups in total. The van der Waals surface area contributed by atoms with Gasteiger partial charge in [0.2, 0.25) is 5.91 Å². The largest absolute Gasteiger partial charge is 0.497 e. The maximum absolute atomic E-state index is 12.7. The van der Waals surface area contributed by atoms with Crippen molar-refractivity contribution in [2.45, 2.75) is 22.7 Å². The van der Waals surface area contributed by atoms with E-state index in [0.717, 1.165) is 15.5 Å². The molecule has 1 aromatic carbocycles. The quantitative estimate of drug-likeness (QED) is 0.447. The molecule has 2 amide bonds. The Kier molecular flexibility index (Phi) is 6.59. The fourth-order valence-corrected chi connectivity index (χ4v) is 6.52. The molecule has 31 heavy (non-hydrogen) atoms. The number of fused-ring (bicyclic) bond motifs is 1. The summed E-state index contributed by atoms with van der Waals surface area (Å²) in [5.41, 5.74) is 0.741. The Hall–Kier alpha value is -2.43. The van der Waals surface area contributed by atoms with E-state index < -0.39 is 12.0 Å². The van der Waals surface area contributed by atoms with Gasteiger partial charge in [0, 0.05) is 21.3 Å². The highest BCUT2D eigenvalue weighted by atomic mass is 32.2. The van der Waals surface area contributed by atoms with Crippen LogP contribution in [0.15, 0.2) is 57.9 Å². The zero-order valence-electron chi connectivity index (χ0n) is 16.6. The van der Waals surface area contributed by atoms with Crippen LogP contribution in [-0.4, -0.2) is 57.8 Å². The van der Waals surface area contributed by atoms with Crippen LogP contribution >= 0.6 is 34.9 Å². The summed E-state index contributed by atoms with van der Waals surface area (Å²) in [7, 11) is 1.60. The highest BCUT2D eigenvalue weighted by molar-refractivity contribution is 8.01. The zero-order valence-corrected chi connectivity index (χ0v) is 19.0. The minimum absolute atomic E-state index is 0.0403. The number of amides is 2. The van der Waals surface area contributed by atoms with Gasteiger partial charge in [0.25, 0.3) is 5.91 Å². The number of β-lactam (4-membered cyclic amide) rings is 1. The van der Waals surface area contributed by atoms with Gasteiger partial charge in [0.15, 0.2) is 0 Å². The molecule has 7 nitrogen and oxygen atoms in total. The van der Waals surface area contributed by atoms with Gasteiger partial charge in [-0.05, 0) is 41.3 Å². The number of benzene rings is 1. The first-order valence-corrected chi connectivity index (χ1v) is 12.4. The average Bonchev–Trinajstić information content (AvgIpc) is 3.28. The summed E-state index contributed by atoms with van der Waals surface area (Å²) in [6.07, 6.45) is 0.213. The van der Waals surface area contributed by atoms with Crippen molar-refractivity contribution in [3.63, 3.8) is 0 Å². The van der Waals surface area contributed by atoms with Crippen LogP contribution in [0.25, 0.3) is 0 Å². The van der Waals surface area contributed by atoms with Gasteiger partial charge in [-0.15, -0.1) is 34.9 Å². The number of carbonyl (C=O) groups is 3. The van der Waals surface area contributed by atoms with Gasteiger partial charge >= 0.3 is 5.97 Å². The summed E-state index contributed by atoms with van der Waals surface area (Å²) in [5, 5.41) is 14.1. The molecule has 162 valence electrons. The van der Waals surface area contributed by atoms with Crippen LogP contribution in [0, 0.1) is 0 Å². The normalized spacial score (nSPS) is 20.2. The van der Waals surface area contributed by atoms with Crippen LogP contribution in [0.5, 0.6) is 5.75 Å². The first-order valence-electron chi connectivity index (χ1n) is 9.46. The lowest BCUT2D eigenvalue weighted by Gasteiger charge is -2.49. The number of nitrogens with one attached hydrogen (secondary N) is 1. The molecule has 4 rings (SSSR count). The van der Waals surface area contributed by atoms with Crippen LogP contribution in [0.2, 0.25) is 0 Å². The van der Waals surface area contributed by atoms with Gasteiger partial charge in [-0.1, -0.05) is 6.07 Å². The molecule has 1 saturated heterocycles. The number of carbonyl (C=O) groups excluding carboxylic acids is 2. The monoisotopic (exact) mass is 476 g/mol. The van der Waals surface area contributed by atoms with Crippen molar-refractivity contribution in [3.8, 4) is 5.75 Å². The second-order valence-electron chi connectivity index (χ2n) is 6.93. The van der Waals surface area contributed by atoms with E-state index in [1.54, 1.807) is 7.11 Å². The first kappa shape index (κ1) is 21.8. The number of ether oxygens (including phenoxy) is 1. The molecule has 2 aliphatic heterocycles. The third kappa shape index (κ3) is 4.60. The Balaban J connectivity index is 1.42. The Morgan fingerprint density at radius 1 is 1.29 bits per heavy atom. The van der Waals surface area contributed by atoms with Gasteiger partial charge in [-0.3, -0.25) is 14.5 Å². The molecular weight excluding hydrogens is 456 g/mol. The Morgan fingerprint density at radius 3 is 2.71 bits per heavy atom. The van der Waals surface area contributed by atoms with Crippen molar-refractivity contribution in [2.75, 3.05) is 18.6 Å². The third-order valence-corrected chi connectivity index (χ3v) is 8.27. The van der Waals surface area contributed by atoms with E-state index in [1.165, 1.54) is 39.8 Å². The molecule has 0 aliphatic carbocycles. The third-order valence-electron chi connectivity index (χ3n) is 4.95. The van der Waals surface area contributed by atoms with Crippen LogP contribution < -0.4 is 10.1 Å². The number of hydrogen-bond acceptors (Lipinski definition) is 7. The molecule has 10 heteroatoms. The van der Waals surface area contributed by atoms with Crippen LogP contribution in [0.3, 0.4) is 0 Å². The zero-order chi connectivity index (χ0) is 22.0. The Morgan fingerprint density at radius 2 is 2.06 bits per heavy atom. The summed E-state index contributed by atoms with van der Waals surface area (Å²) in [6.45, 7) is 0. The van der Waals surface area contributed by atoms with Crippen LogP contribution in [0.4, 0.5) is 0 Å². The summed E-state index contributed by atoms with van der Waals surface area (Å²) < 4.78 is 5.15. The smallest absolute Gasteiger partial charge is 0.352 e. The average molecular weight is 477 g/mol. The fourth-order valence-electron chi connectivity index (χ4n) is 3.43. The molecule has 2 aliphatic rings. The second-order valence-corrected chi connectivity index (χ2v) is 10.1. The van der Waals surface area contributed by atoms with E-state index in [9.17, 15) is 19.5 Å². The molecule has 0 spiro atoms. The van der Waals surface area contributed by atoms with Gasteiger partial charge in [0.1, 0.15) is 22.9 Å². The fraction of sp³-hybridized carbons (Fsp3) is 0.286. The number of thioether (sulfide) groups is 2. The van der Waals surface area contributed by atoms with E-state index in [4.69, 9.17) is 4.74 Å². The van der Waals surface area contributed by atoms with Gasteiger partial charge in [-0.2, -0.15) is 0 Å². The van der Waals surface area contributed by atoms with Gasteiger partial charge < -0.3 is 15.2 Å². The lowest BCUT2D eigenvalue weighted by Crippen LogP contribution is -2.70. The van der Waals surface area contributed by atoms with E-state index in [0.29, 0.717) is 17.1 Å². The Bertz CT molecular complexity index is 1020. The van der Waals surface area contributed by atoms with E-state index in [1.807, 2.05) is 41.8 Å². The number of thiophene rings is 1. The minimum Gasteiger partial charge on any atom is -0.497 e. The number of carboxylic acids is 1. The standard InChI is InChI=1S/C21H20N2O5S3/c1-28-13-4-6-14(7-5-13)30-10-12-11-31-20-17(19(25)23(20)18(12)21(26)27)22-16(24)9-15-3-2-8-29-15/h2-8,17,20H,9-11H2,1H3,(H,22,24)(H,26,27)/t17?,20-/m1/s1. The van der Waals surface area contributed by atoms with Gasteiger partial charge in [-0.25, -0.2) is 4.79 Å². The summed E-state index contributed by atoms with van der Waals surface area (Å²) >= 11 is 4.48. The molecular formula is C21H20N2O5S3. The van der Waals surface area contributed by atoms with Crippen LogP contribution in [-0.2, 0) is 20.8 Å². The van der Waals surface area contributed by atoms with Crippen LogP contribution in [0.1, 0.15) is 4.88 Å². The second kappa shape index (κ2) is 9.37. The molecule has 0 radical (unpaired) electrons. The number of carboxylic acid groups (broad SMARTS) is 1. The lowest BCUT2D eigenvalue weighted by molar-refractivity contribution is -0.150. The molecule has 2 atom stereocenters. The molecule has 1 aromatic heterocycles. The lowest BCUT2D eigenvalue weighted by atomic mass is 10.0. The highest BCUT2D eigenvalue weighted by Crippen LogP contribution is 2.41. The molecule has 1 fully saturated rings. The summed E-state index contributed by atoms with van der Waals surface area (Å²) in [5.74, 6) is -0.0102. The molecule has 1 unspecified atom stereocenters. The molecule has 2 aromatic rings. The first-order chi connectivity index (χ1) is 15.0. The van der Waals surface area contributed by atoms with E-state index >= 15 is 0 Å². The molecule has 3 heterocycles. The van der Waals surface area contributed by atoms with Crippen molar-refractivity contribution in [1.82, 2.24) is 10.2 Å². The Labute approximate surface area is 191 Å². The SMILES string of the molecule is COc1ccc(SCC2=C(C(=O)O)N3C(=O)C(NC(=O)Cc4cccs4)[C@H]3SC2)cc1. The molecule has 0 saturated carbocycles. The predicted molar refractivity (Wildman–Crippen MR) is 121 cm³/mol. The predicted octanol–water partition coefficient (Wildman–Crippen LogP) is 2.83. The van der Waals surface area contributed by atoms with Crippen molar-refractivity contribution >= 4 is 52.6 Å². The topological polar surface area (TPSA) is 95.9 Å². The summed E-state index contributed by atoms with van der Waals surface area (Å²) in [4.78, 5) is 40.2. The minimum atomic E-state index is -1.12. The number of aliphatic carboxylic acids is 1. The summed E-state index contributed by atoms with van der Waals surface area (Å²) in [6, 6.07) is 10.6. The number of hydrogen-bond donors (Lipinski definition) is 2. The maximum Gasteiger partial charge on any atom is 0.352 e. The number of nitrogens with zero attached hydrogens (tertiary/aromatic N) is 1. The van der Waals surface area contributed by atoms with Crippen molar-refractivity contribution in [1.29, 1.82) is 0 Å². The van der Waals surface area contributed by atoms with Crippen molar-refractivity contribution < 1.29 is 24.2 Å².